The number of nitrogens with zero attached hydrogens (tertiary/aromatic N) is 2. The SMILES string of the molecule is COc1ccc([C@@H](Oc2ccc3c(c2)C=NC3c2ccc(F)cc2)[C@H](C)NC(=O)C2CC2)cn1. The molecule has 1 amide bonds. The molecule has 3 atom stereocenters. The third-order valence-electron chi connectivity index (χ3n) is 6.23. The van der Waals surface area contributed by atoms with Crippen LogP contribution in [0.5, 0.6) is 11.6 Å². The lowest BCUT2D eigenvalue weighted by Crippen LogP contribution is -2.40. The normalized spacial score (nSPS) is 18.1. The van der Waals surface area contributed by atoms with Crippen molar-refractivity contribution >= 4 is 12.1 Å². The molecule has 1 aromatic heterocycles. The lowest BCUT2D eigenvalue weighted by Gasteiger charge is -2.27. The van der Waals surface area contributed by atoms with E-state index in [0.29, 0.717) is 11.6 Å². The van der Waals surface area contributed by atoms with Crippen LogP contribution in [-0.4, -0.2) is 30.3 Å². The highest BCUT2D eigenvalue weighted by atomic mass is 19.1. The highest BCUT2D eigenvalue weighted by Crippen LogP contribution is 2.36. The molecule has 6 nitrogen and oxygen atoms in total. The van der Waals surface area contributed by atoms with Gasteiger partial charge in [0.15, 0.2) is 0 Å². The predicted octanol–water partition coefficient (Wildman–Crippen LogP) is 4.79. The molecule has 34 heavy (non-hydrogen) atoms. The number of ether oxygens (including phenoxy) is 2. The molecule has 1 fully saturated rings. The Kier molecular flexibility index (Phi) is 6.01. The Morgan fingerprint density at radius 2 is 1.91 bits per heavy atom. The van der Waals surface area contributed by atoms with Crippen LogP contribution in [0.3, 0.4) is 0 Å². The molecule has 1 aliphatic carbocycles. The summed E-state index contributed by atoms with van der Waals surface area (Å²) in [5.41, 5.74) is 3.76. The first-order chi connectivity index (χ1) is 16.5. The van der Waals surface area contributed by atoms with Crippen molar-refractivity contribution in [2.75, 3.05) is 7.11 Å². The number of carbonyl (C=O) groups is 1. The van der Waals surface area contributed by atoms with Gasteiger partial charge < -0.3 is 14.8 Å². The molecule has 2 aliphatic rings. The number of carbonyl (C=O) groups excluding carboxylic acids is 1. The largest absolute Gasteiger partial charge is 0.484 e. The van der Waals surface area contributed by atoms with Crippen molar-refractivity contribution in [1.29, 1.82) is 0 Å². The van der Waals surface area contributed by atoms with Crippen molar-refractivity contribution in [3.8, 4) is 11.6 Å². The van der Waals surface area contributed by atoms with E-state index in [1.54, 1.807) is 31.5 Å². The number of nitrogens with one attached hydrogen (secondary N) is 1. The Hall–Kier alpha value is -3.74. The molecule has 1 N–H and O–H groups in total. The van der Waals surface area contributed by atoms with Crippen LogP contribution in [0.15, 0.2) is 65.8 Å². The topological polar surface area (TPSA) is 72.8 Å². The number of aromatic nitrogens is 1. The van der Waals surface area contributed by atoms with Crippen LogP contribution in [0, 0.1) is 11.7 Å². The number of hydrogen-bond donors (Lipinski definition) is 1. The van der Waals surface area contributed by atoms with Gasteiger partial charge in [0.05, 0.1) is 13.2 Å². The zero-order chi connectivity index (χ0) is 23.7. The van der Waals surface area contributed by atoms with Crippen molar-refractivity contribution in [1.82, 2.24) is 10.3 Å². The quantitative estimate of drug-likeness (QED) is 0.526. The van der Waals surface area contributed by atoms with E-state index in [0.717, 1.165) is 35.1 Å². The van der Waals surface area contributed by atoms with E-state index in [9.17, 15) is 9.18 Å². The van der Waals surface area contributed by atoms with Gasteiger partial charge in [-0.3, -0.25) is 9.79 Å². The third kappa shape index (κ3) is 4.64. The number of benzene rings is 2. The molecule has 2 heterocycles. The summed E-state index contributed by atoms with van der Waals surface area (Å²) in [4.78, 5) is 21.3. The number of hydrogen-bond acceptors (Lipinski definition) is 5. The number of rotatable bonds is 8. The Labute approximate surface area is 197 Å². The fraction of sp³-hybridized carbons (Fsp3) is 0.296. The minimum Gasteiger partial charge on any atom is -0.484 e. The Bertz CT molecular complexity index is 1210. The van der Waals surface area contributed by atoms with Crippen molar-refractivity contribution in [2.45, 2.75) is 38.0 Å². The maximum Gasteiger partial charge on any atom is 0.223 e. The number of aliphatic imine (C=N–C) groups is 1. The molecule has 7 heteroatoms. The lowest BCUT2D eigenvalue weighted by atomic mass is 9.97. The van der Waals surface area contributed by atoms with Crippen molar-refractivity contribution in [2.24, 2.45) is 10.9 Å². The fourth-order valence-electron chi connectivity index (χ4n) is 4.18. The third-order valence-corrected chi connectivity index (χ3v) is 6.23. The summed E-state index contributed by atoms with van der Waals surface area (Å²) in [5.74, 6) is 1.08. The van der Waals surface area contributed by atoms with E-state index in [-0.39, 0.29) is 29.7 Å². The first-order valence-electron chi connectivity index (χ1n) is 11.4. The van der Waals surface area contributed by atoms with Crippen LogP contribution in [0.1, 0.15) is 54.2 Å². The summed E-state index contributed by atoms with van der Waals surface area (Å²) in [6.07, 6.45) is 4.97. The van der Waals surface area contributed by atoms with Gasteiger partial charge >= 0.3 is 0 Å². The van der Waals surface area contributed by atoms with Gasteiger partial charge in [-0.05, 0) is 61.2 Å². The smallest absolute Gasteiger partial charge is 0.223 e. The summed E-state index contributed by atoms with van der Waals surface area (Å²) in [6.45, 7) is 1.94. The van der Waals surface area contributed by atoms with Crippen LogP contribution in [0.2, 0.25) is 0 Å². The second-order valence-electron chi connectivity index (χ2n) is 8.77. The maximum atomic E-state index is 13.3. The number of halogens is 1. The molecule has 174 valence electrons. The minimum atomic E-state index is -0.439. The molecule has 1 unspecified atom stereocenters. The van der Waals surface area contributed by atoms with Gasteiger partial charge in [-0.1, -0.05) is 18.2 Å². The van der Waals surface area contributed by atoms with Gasteiger partial charge in [-0.15, -0.1) is 0 Å². The Balaban J connectivity index is 1.38. The van der Waals surface area contributed by atoms with Crippen LogP contribution in [0.25, 0.3) is 0 Å². The van der Waals surface area contributed by atoms with Crippen LogP contribution >= 0.6 is 0 Å². The maximum absolute atomic E-state index is 13.3. The van der Waals surface area contributed by atoms with Gasteiger partial charge in [-0.2, -0.15) is 0 Å². The molecule has 2 aromatic carbocycles. The molecule has 3 aromatic rings. The fourth-order valence-corrected chi connectivity index (χ4v) is 4.18. The Morgan fingerprint density at radius 1 is 1.12 bits per heavy atom. The van der Waals surface area contributed by atoms with E-state index in [1.807, 2.05) is 37.4 Å². The average molecular weight is 460 g/mol. The van der Waals surface area contributed by atoms with Crippen molar-refractivity contribution in [3.05, 3.63) is 88.9 Å². The molecule has 1 aliphatic heterocycles. The summed E-state index contributed by atoms with van der Waals surface area (Å²) in [7, 11) is 1.57. The van der Waals surface area contributed by atoms with E-state index < -0.39 is 6.10 Å². The van der Waals surface area contributed by atoms with E-state index in [4.69, 9.17) is 9.47 Å². The van der Waals surface area contributed by atoms with Crippen LogP contribution in [-0.2, 0) is 4.79 Å². The molecule has 0 saturated heterocycles. The monoisotopic (exact) mass is 459 g/mol. The standard InChI is InChI=1S/C27H26FN3O3/c1-16(31-27(32)18-3-4-18)26(19-7-12-24(33-2)29-14-19)34-22-10-11-23-20(13-22)15-30-25(23)17-5-8-21(28)9-6-17/h5-16,18,25-26H,3-4H2,1-2H3,(H,31,32)/t16-,25?,26-/m0/s1. The van der Waals surface area contributed by atoms with Crippen molar-refractivity contribution in [3.63, 3.8) is 0 Å². The number of amides is 1. The molecule has 0 bridgehead atoms. The zero-order valence-corrected chi connectivity index (χ0v) is 19.1. The average Bonchev–Trinajstić information content (AvgIpc) is 3.63. The first-order valence-corrected chi connectivity index (χ1v) is 11.4. The number of methoxy groups -OCH3 is 1. The first kappa shape index (κ1) is 22.1. The Morgan fingerprint density at radius 3 is 2.59 bits per heavy atom. The highest BCUT2D eigenvalue weighted by molar-refractivity contribution is 5.86. The van der Waals surface area contributed by atoms with Gasteiger partial charge in [0.25, 0.3) is 0 Å². The molecular formula is C27H26FN3O3. The van der Waals surface area contributed by atoms with Gasteiger partial charge in [0, 0.05) is 35.5 Å². The highest BCUT2D eigenvalue weighted by Gasteiger charge is 2.33. The lowest BCUT2D eigenvalue weighted by molar-refractivity contribution is -0.123. The summed E-state index contributed by atoms with van der Waals surface area (Å²) in [5, 5.41) is 3.09. The summed E-state index contributed by atoms with van der Waals surface area (Å²) in [6, 6.07) is 15.5. The van der Waals surface area contributed by atoms with Gasteiger partial charge in [-0.25, -0.2) is 9.37 Å². The van der Waals surface area contributed by atoms with E-state index in [1.165, 1.54) is 12.1 Å². The molecular weight excluding hydrogens is 433 g/mol. The molecule has 0 radical (unpaired) electrons. The zero-order valence-electron chi connectivity index (χ0n) is 19.1. The second-order valence-corrected chi connectivity index (χ2v) is 8.77. The second kappa shape index (κ2) is 9.25. The van der Waals surface area contributed by atoms with Gasteiger partial charge in [0.2, 0.25) is 11.8 Å². The predicted molar refractivity (Wildman–Crippen MR) is 127 cm³/mol. The number of fused-ring (bicyclic) bond motifs is 1. The minimum absolute atomic E-state index is 0.0609. The molecule has 0 spiro atoms. The van der Waals surface area contributed by atoms with Crippen molar-refractivity contribution < 1.29 is 18.7 Å². The van der Waals surface area contributed by atoms with E-state index in [2.05, 4.69) is 15.3 Å². The van der Waals surface area contributed by atoms with E-state index >= 15 is 0 Å². The van der Waals surface area contributed by atoms with Crippen LogP contribution < -0.4 is 14.8 Å². The number of pyridine rings is 1. The molecule has 1 saturated carbocycles. The summed E-state index contributed by atoms with van der Waals surface area (Å²) < 4.78 is 24.9. The van der Waals surface area contributed by atoms with Gasteiger partial charge in [0.1, 0.15) is 23.7 Å². The molecule has 5 rings (SSSR count). The van der Waals surface area contributed by atoms with Crippen LogP contribution in [0.4, 0.5) is 4.39 Å². The summed E-state index contributed by atoms with van der Waals surface area (Å²) >= 11 is 0.